The third-order valence-corrected chi connectivity index (χ3v) is 3.02. The highest BCUT2D eigenvalue weighted by Crippen LogP contribution is 2.23. The highest BCUT2D eigenvalue weighted by molar-refractivity contribution is 6.33. The second-order valence-corrected chi connectivity index (χ2v) is 4.37. The number of carbonyl (C=O) groups excluding carboxylic acids is 1. The number of hydrogen-bond donors (Lipinski definition) is 2. The van der Waals surface area contributed by atoms with Crippen LogP contribution >= 0.6 is 11.6 Å². The fourth-order valence-corrected chi connectivity index (χ4v) is 2.02. The van der Waals surface area contributed by atoms with Gasteiger partial charge in [0.25, 0.3) is 5.91 Å². The molecular formula is C11H13ClN2O2. The lowest BCUT2D eigenvalue weighted by atomic mass is 10.2. The molecule has 86 valence electrons. The summed E-state index contributed by atoms with van der Waals surface area (Å²) in [5.74, 6) is -0.134. The highest BCUT2D eigenvalue weighted by Gasteiger charge is 2.25. The Bertz CT molecular complexity index is 422. The van der Waals surface area contributed by atoms with Crippen molar-refractivity contribution in [3.8, 4) is 5.75 Å². The first-order chi connectivity index (χ1) is 7.58. The second-order valence-electron chi connectivity index (χ2n) is 3.96. The summed E-state index contributed by atoms with van der Waals surface area (Å²) >= 11 is 5.92. The summed E-state index contributed by atoms with van der Waals surface area (Å²) in [6.45, 7) is 1.19. The smallest absolute Gasteiger partial charge is 0.255 e. The van der Waals surface area contributed by atoms with Crippen molar-refractivity contribution in [3.05, 3.63) is 28.8 Å². The number of amides is 1. The van der Waals surface area contributed by atoms with Crippen LogP contribution in [0.2, 0.25) is 5.02 Å². The number of carbonyl (C=O) groups is 1. The molecule has 1 amide bonds. The van der Waals surface area contributed by atoms with Crippen LogP contribution in [0.1, 0.15) is 16.8 Å². The molecule has 0 bridgehead atoms. The zero-order chi connectivity index (χ0) is 11.7. The zero-order valence-electron chi connectivity index (χ0n) is 8.69. The Kier molecular flexibility index (Phi) is 3.03. The largest absolute Gasteiger partial charge is 0.508 e. The monoisotopic (exact) mass is 240 g/mol. The molecule has 5 heteroatoms. The molecule has 0 radical (unpaired) electrons. The Morgan fingerprint density at radius 1 is 1.56 bits per heavy atom. The summed E-state index contributed by atoms with van der Waals surface area (Å²) in [6, 6.07) is 4.39. The Morgan fingerprint density at radius 2 is 2.31 bits per heavy atom. The number of hydrogen-bond acceptors (Lipinski definition) is 3. The van der Waals surface area contributed by atoms with Crippen LogP contribution in [0.3, 0.4) is 0 Å². The van der Waals surface area contributed by atoms with Crippen LogP contribution in [-0.4, -0.2) is 35.0 Å². The first-order valence-corrected chi connectivity index (χ1v) is 5.49. The Labute approximate surface area is 98.6 Å². The van der Waals surface area contributed by atoms with E-state index in [9.17, 15) is 9.90 Å². The van der Waals surface area contributed by atoms with Crippen LogP contribution in [0.5, 0.6) is 5.75 Å². The molecule has 3 N–H and O–H groups in total. The fraction of sp³-hybridized carbons (Fsp3) is 0.364. The van der Waals surface area contributed by atoms with E-state index in [0.717, 1.165) is 6.42 Å². The molecule has 2 rings (SSSR count). The van der Waals surface area contributed by atoms with Gasteiger partial charge in [-0.05, 0) is 24.6 Å². The summed E-state index contributed by atoms with van der Waals surface area (Å²) in [7, 11) is 0. The van der Waals surface area contributed by atoms with Crippen molar-refractivity contribution in [3.63, 3.8) is 0 Å². The molecule has 0 aliphatic carbocycles. The molecule has 0 aromatic heterocycles. The second kappa shape index (κ2) is 4.31. The number of rotatable bonds is 1. The molecule has 0 unspecified atom stereocenters. The van der Waals surface area contributed by atoms with Crippen LogP contribution in [0, 0.1) is 0 Å². The first-order valence-electron chi connectivity index (χ1n) is 5.11. The van der Waals surface area contributed by atoms with Crippen LogP contribution in [-0.2, 0) is 0 Å². The van der Waals surface area contributed by atoms with E-state index in [1.54, 1.807) is 4.90 Å². The lowest BCUT2D eigenvalue weighted by molar-refractivity contribution is 0.0790. The maximum absolute atomic E-state index is 12.0. The van der Waals surface area contributed by atoms with Gasteiger partial charge in [-0.1, -0.05) is 11.6 Å². The van der Waals surface area contributed by atoms with Crippen LogP contribution in [0.25, 0.3) is 0 Å². The van der Waals surface area contributed by atoms with Crippen LogP contribution < -0.4 is 5.73 Å². The van der Waals surface area contributed by atoms with Gasteiger partial charge in [-0.3, -0.25) is 4.79 Å². The van der Waals surface area contributed by atoms with Gasteiger partial charge in [-0.15, -0.1) is 0 Å². The number of phenols is 1. The quantitative estimate of drug-likeness (QED) is 0.776. The number of aromatic hydroxyl groups is 1. The van der Waals surface area contributed by atoms with Gasteiger partial charge in [0.2, 0.25) is 0 Å². The topological polar surface area (TPSA) is 66.6 Å². The van der Waals surface area contributed by atoms with Crippen LogP contribution in [0.15, 0.2) is 18.2 Å². The van der Waals surface area contributed by atoms with Gasteiger partial charge in [0.15, 0.2) is 0 Å². The van der Waals surface area contributed by atoms with E-state index in [4.69, 9.17) is 17.3 Å². The molecule has 4 nitrogen and oxygen atoms in total. The van der Waals surface area contributed by atoms with Gasteiger partial charge >= 0.3 is 0 Å². The number of nitrogens with zero attached hydrogens (tertiary/aromatic N) is 1. The van der Waals surface area contributed by atoms with Gasteiger partial charge < -0.3 is 15.7 Å². The summed E-state index contributed by atoms with van der Waals surface area (Å²) in [4.78, 5) is 13.7. The third-order valence-electron chi connectivity index (χ3n) is 2.69. The van der Waals surface area contributed by atoms with E-state index < -0.39 is 0 Å². The van der Waals surface area contributed by atoms with Crippen molar-refractivity contribution in [2.75, 3.05) is 13.1 Å². The molecule has 16 heavy (non-hydrogen) atoms. The normalized spacial score (nSPS) is 20.1. The number of likely N-dealkylation sites (tertiary alicyclic amines) is 1. The average Bonchev–Trinajstić information content (AvgIpc) is 2.67. The third kappa shape index (κ3) is 2.13. The number of phenolic OH excluding ortho intramolecular Hbond substituents is 1. The highest BCUT2D eigenvalue weighted by atomic mass is 35.5. The average molecular weight is 241 g/mol. The lowest BCUT2D eigenvalue weighted by Crippen LogP contribution is -2.32. The van der Waals surface area contributed by atoms with E-state index in [1.807, 2.05) is 0 Å². The van der Waals surface area contributed by atoms with E-state index in [0.29, 0.717) is 23.7 Å². The predicted molar refractivity (Wildman–Crippen MR) is 61.6 cm³/mol. The van der Waals surface area contributed by atoms with Crippen molar-refractivity contribution < 1.29 is 9.90 Å². The minimum absolute atomic E-state index is 0.0382. The van der Waals surface area contributed by atoms with Crippen molar-refractivity contribution in [1.82, 2.24) is 4.90 Å². The molecule has 1 aliphatic heterocycles. The van der Waals surface area contributed by atoms with Crippen molar-refractivity contribution in [2.24, 2.45) is 5.73 Å². The number of benzene rings is 1. The van der Waals surface area contributed by atoms with Crippen molar-refractivity contribution >= 4 is 17.5 Å². The van der Waals surface area contributed by atoms with Gasteiger partial charge in [-0.2, -0.15) is 0 Å². The SMILES string of the molecule is N[C@@H]1CCN(C(=O)c2cc(O)ccc2Cl)C1. The summed E-state index contributed by atoms with van der Waals surface area (Å²) in [5.41, 5.74) is 6.06. The maximum atomic E-state index is 12.0. The Balaban J connectivity index is 2.23. The van der Waals surface area contributed by atoms with E-state index in [-0.39, 0.29) is 17.7 Å². The fourth-order valence-electron chi connectivity index (χ4n) is 1.82. The Hall–Kier alpha value is -1.26. The molecule has 1 saturated heterocycles. The minimum atomic E-state index is -0.172. The molecule has 1 aromatic carbocycles. The van der Waals surface area contributed by atoms with Gasteiger partial charge in [0.1, 0.15) is 5.75 Å². The summed E-state index contributed by atoms with van der Waals surface area (Å²) < 4.78 is 0. The molecule has 1 heterocycles. The predicted octanol–water partition coefficient (Wildman–Crippen LogP) is 1.22. The summed E-state index contributed by atoms with van der Waals surface area (Å²) in [5, 5.41) is 9.68. The van der Waals surface area contributed by atoms with E-state index >= 15 is 0 Å². The molecule has 1 aliphatic rings. The Morgan fingerprint density at radius 3 is 2.94 bits per heavy atom. The van der Waals surface area contributed by atoms with Crippen LogP contribution in [0.4, 0.5) is 0 Å². The lowest BCUT2D eigenvalue weighted by Gasteiger charge is -2.16. The van der Waals surface area contributed by atoms with Gasteiger partial charge in [0, 0.05) is 19.1 Å². The first kappa shape index (κ1) is 11.2. The summed E-state index contributed by atoms with van der Waals surface area (Å²) in [6.07, 6.45) is 0.808. The molecule has 1 aromatic rings. The zero-order valence-corrected chi connectivity index (χ0v) is 9.44. The van der Waals surface area contributed by atoms with Crippen molar-refractivity contribution in [1.29, 1.82) is 0 Å². The number of nitrogens with two attached hydrogens (primary N) is 1. The van der Waals surface area contributed by atoms with Gasteiger partial charge in [-0.25, -0.2) is 0 Å². The van der Waals surface area contributed by atoms with Crippen molar-refractivity contribution in [2.45, 2.75) is 12.5 Å². The standard InChI is InChI=1S/C11H13ClN2O2/c12-10-2-1-8(15)5-9(10)11(16)14-4-3-7(13)6-14/h1-2,5,7,15H,3-4,6,13H2/t7-/m1/s1. The molecular weight excluding hydrogens is 228 g/mol. The minimum Gasteiger partial charge on any atom is -0.508 e. The van der Waals surface area contributed by atoms with Gasteiger partial charge in [0.05, 0.1) is 10.6 Å². The molecule has 0 saturated carbocycles. The molecule has 1 atom stereocenters. The van der Waals surface area contributed by atoms with E-state index in [2.05, 4.69) is 0 Å². The number of halogens is 1. The molecule has 0 spiro atoms. The van der Waals surface area contributed by atoms with E-state index in [1.165, 1.54) is 18.2 Å². The molecule has 1 fully saturated rings. The maximum Gasteiger partial charge on any atom is 0.255 e.